The van der Waals surface area contributed by atoms with Crippen molar-refractivity contribution in [1.29, 1.82) is 0 Å². The largest absolute Gasteiger partial charge is 0.326 e. The van der Waals surface area contributed by atoms with Crippen LogP contribution in [0.3, 0.4) is 0 Å². The van der Waals surface area contributed by atoms with Crippen molar-refractivity contribution in [2.24, 2.45) is 0 Å². The molecule has 4 rings (SSSR count). The summed E-state index contributed by atoms with van der Waals surface area (Å²) < 4.78 is 14.4. The van der Waals surface area contributed by atoms with Crippen molar-refractivity contribution in [3.8, 4) is 21.8 Å². The van der Waals surface area contributed by atoms with E-state index >= 15 is 0 Å². The first-order valence-corrected chi connectivity index (χ1v) is 11.1. The smallest absolute Gasteiger partial charge is 0.232 e. The molecular formula is C22H17FN4O2S2. The Hall–Kier alpha value is -3.43. The quantitative estimate of drug-likeness (QED) is 0.421. The molecule has 2 heterocycles. The molecule has 31 heavy (non-hydrogen) atoms. The molecule has 2 N–H and O–H groups in total. The van der Waals surface area contributed by atoms with Gasteiger partial charge in [-0.3, -0.25) is 9.59 Å². The van der Waals surface area contributed by atoms with E-state index in [4.69, 9.17) is 0 Å². The molecule has 4 aromatic rings. The van der Waals surface area contributed by atoms with Gasteiger partial charge in [-0.05, 0) is 18.2 Å². The van der Waals surface area contributed by atoms with Gasteiger partial charge in [0.1, 0.15) is 10.8 Å². The van der Waals surface area contributed by atoms with Gasteiger partial charge in [0.15, 0.2) is 5.13 Å². The van der Waals surface area contributed by atoms with Gasteiger partial charge >= 0.3 is 0 Å². The number of amides is 2. The molecular weight excluding hydrogens is 435 g/mol. The highest BCUT2D eigenvalue weighted by Gasteiger charge is 2.14. The third-order valence-corrected chi connectivity index (χ3v) is 5.93. The minimum absolute atomic E-state index is 0.123. The monoisotopic (exact) mass is 452 g/mol. The highest BCUT2D eigenvalue weighted by atomic mass is 32.1. The predicted molar refractivity (Wildman–Crippen MR) is 122 cm³/mol. The molecule has 6 nitrogen and oxygen atoms in total. The first kappa shape index (κ1) is 20.8. The number of carbonyl (C=O) groups excluding carboxylic acids is 2. The highest BCUT2D eigenvalue weighted by Crippen LogP contribution is 2.29. The van der Waals surface area contributed by atoms with Gasteiger partial charge in [-0.15, -0.1) is 22.7 Å². The summed E-state index contributed by atoms with van der Waals surface area (Å²) in [4.78, 5) is 32.3. The van der Waals surface area contributed by atoms with Gasteiger partial charge in [-0.1, -0.05) is 30.3 Å². The Kier molecular flexibility index (Phi) is 6.15. The minimum atomic E-state index is -0.509. The number of nitrogens with one attached hydrogen (secondary N) is 2. The average molecular weight is 453 g/mol. The fraction of sp³-hybridized carbons (Fsp3) is 0.0909. The van der Waals surface area contributed by atoms with E-state index in [1.807, 2.05) is 35.7 Å². The molecule has 156 valence electrons. The number of rotatable bonds is 6. The molecule has 2 aromatic heterocycles. The maximum atomic E-state index is 14.4. The number of thiazole rings is 2. The van der Waals surface area contributed by atoms with E-state index in [0.29, 0.717) is 22.2 Å². The molecule has 0 fully saturated rings. The molecule has 0 saturated heterocycles. The Labute approximate surface area is 185 Å². The van der Waals surface area contributed by atoms with E-state index in [1.165, 1.54) is 35.7 Å². The van der Waals surface area contributed by atoms with E-state index in [1.54, 1.807) is 17.5 Å². The van der Waals surface area contributed by atoms with Gasteiger partial charge in [0, 0.05) is 34.5 Å². The van der Waals surface area contributed by atoms with Crippen LogP contribution in [-0.4, -0.2) is 21.8 Å². The zero-order chi connectivity index (χ0) is 21.8. The van der Waals surface area contributed by atoms with E-state index < -0.39 is 5.82 Å². The van der Waals surface area contributed by atoms with Crippen LogP contribution >= 0.6 is 22.7 Å². The number of hydrogen-bond acceptors (Lipinski definition) is 6. The van der Waals surface area contributed by atoms with Crippen molar-refractivity contribution in [3.63, 3.8) is 0 Å². The summed E-state index contributed by atoms with van der Waals surface area (Å²) in [6.07, 6.45) is 0.123. The third-order valence-electron chi connectivity index (χ3n) is 4.23. The van der Waals surface area contributed by atoms with E-state index in [9.17, 15) is 14.0 Å². The molecule has 0 atom stereocenters. The summed E-state index contributed by atoms with van der Waals surface area (Å²) in [6, 6.07) is 14.2. The van der Waals surface area contributed by atoms with Crippen molar-refractivity contribution < 1.29 is 14.0 Å². The zero-order valence-corrected chi connectivity index (χ0v) is 18.0. The highest BCUT2D eigenvalue weighted by molar-refractivity contribution is 7.14. The fourth-order valence-electron chi connectivity index (χ4n) is 2.89. The fourth-order valence-corrected chi connectivity index (χ4v) is 4.44. The Morgan fingerprint density at radius 3 is 2.55 bits per heavy atom. The van der Waals surface area contributed by atoms with Gasteiger partial charge in [-0.2, -0.15) is 0 Å². The van der Waals surface area contributed by atoms with E-state index in [0.717, 1.165) is 10.6 Å². The molecule has 0 aliphatic heterocycles. The summed E-state index contributed by atoms with van der Waals surface area (Å²) in [5, 5.41) is 10.0. The van der Waals surface area contributed by atoms with Crippen LogP contribution in [0, 0.1) is 5.82 Å². The number of halogens is 1. The van der Waals surface area contributed by atoms with Crippen LogP contribution < -0.4 is 10.6 Å². The molecule has 2 amide bonds. The van der Waals surface area contributed by atoms with Crippen molar-refractivity contribution >= 4 is 45.3 Å². The molecule has 0 radical (unpaired) electrons. The normalized spacial score (nSPS) is 10.6. The summed E-state index contributed by atoms with van der Waals surface area (Å²) in [7, 11) is 0. The molecule has 9 heteroatoms. The molecule has 0 aliphatic carbocycles. The second-order valence-corrected chi connectivity index (χ2v) is 8.36. The molecule has 0 unspecified atom stereocenters. The Morgan fingerprint density at radius 1 is 1.00 bits per heavy atom. The van der Waals surface area contributed by atoms with Crippen LogP contribution in [0.5, 0.6) is 0 Å². The maximum absolute atomic E-state index is 14.4. The van der Waals surface area contributed by atoms with Crippen LogP contribution in [0.4, 0.5) is 15.2 Å². The molecule has 0 saturated carbocycles. The van der Waals surface area contributed by atoms with E-state index in [2.05, 4.69) is 20.6 Å². The molecule has 0 aliphatic rings. The van der Waals surface area contributed by atoms with Crippen LogP contribution in [0.15, 0.2) is 59.3 Å². The Morgan fingerprint density at radius 2 is 1.81 bits per heavy atom. The molecule has 0 bridgehead atoms. The van der Waals surface area contributed by atoms with Gasteiger partial charge in [0.2, 0.25) is 11.8 Å². The van der Waals surface area contributed by atoms with Crippen molar-refractivity contribution in [1.82, 2.24) is 9.97 Å². The summed E-state index contributed by atoms with van der Waals surface area (Å²) in [6.45, 7) is 1.36. The molecule has 2 aromatic carbocycles. The lowest BCUT2D eigenvalue weighted by Gasteiger charge is -2.05. The second-order valence-electron chi connectivity index (χ2n) is 6.65. The number of benzene rings is 2. The van der Waals surface area contributed by atoms with Gasteiger partial charge < -0.3 is 10.6 Å². The topological polar surface area (TPSA) is 84.0 Å². The number of aromatic nitrogens is 2. The Bertz CT molecular complexity index is 1240. The lowest BCUT2D eigenvalue weighted by Crippen LogP contribution is -2.14. The summed E-state index contributed by atoms with van der Waals surface area (Å²) in [5.74, 6) is -1.03. The number of hydrogen-bond donors (Lipinski definition) is 2. The maximum Gasteiger partial charge on any atom is 0.232 e. The first-order chi connectivity index (χ1) is 15.0. The summed E-state index contributed by atoms with van der Waals surface area (Å²) >= 11 is 2.70. The van der Waals surface area contributed by atoms with Gasteiger partial charge in [0.05, 0.1) is 17.8 Å². The van der Waals surface area contributed by atoms with Gasteiger partial charge in [-0.25, -0.2) is 14.4 Å². The number of anilines is 2. The predicted octanol–water partition coefficient (Wildman–Crippen LogP) is 5.21. The van der Waals surface area contributed by atoms with Crippen LogP contribution in [-0.2, 0) is 16.0 Å². The Balaban J connectivity index is 1.41. The van der Waals surface area contributed by atoms with Crippen LogP contribution in [0.25, 0.3) is 21.8 Å². The second kappa shape index (κ2) is 9.15. The lowest BCUT2D eigenvalue weighted by molar-refractivity contribution is -0.116. The first-order valence-electron chi connectivity index (χ1n) is 9.30. The lowest BCUT2D eigenvalue weighted by atomic mass is 10.1. The van der Waals surface area contributed by atoms with Crippen LogP contribution in [0.1, 0.15) is 12.6 Å². The standard InChI is InChI=1S/C22H17FN4O2S2/c1-13(28)24-15-7-8-17(18(23)9-15)19-12-31-22(26-19)27-20(29)10-16-11-30-21(25-16)14-5-3-2-4-6-14/h2-9,11-12H,10H2,1H3,(H,24,28)(H,26,27,29). The zero-order valence-electron chi connectivity index (χ0n) is 16.4. The average Bonchev–Trinajstić information content (AvgIpc) is 3.38. The SMILES string of the molecule is CC(=O)Nc1ccc(-c2csc(NC(=O)Cc3csc(-c4ccccc4)n3)n2)c(F)c1. The third kappa shape index (κ3) is 5.19. The number of carbonyl (C=O) groups is 2. The number of nitrogens with zero attached hydrogens (tertiary/aromatic N) is 2. The van der Waals surface area contributed by atoms with Crippen molar-refractivity contribution in [2.45, 2.75) is 13.3 Å². The van der Waals surface area contributed by atoms with Crippen molar-refractivity contribution in [2.75, 3.05) is 10.6 Å². The minimum Gasteiger partial charge on any atom is -0.326 e. The molecule has 0 spiro atoms. The van der Waals surface area contributed by atoms with Crippen LogP contribution in [0.2, 0.25) is 0 Å². The van der Waals surface area contributed by atoms with E-state index in [-0.39, 0.29) is 23.8 Å². The van der Waals surface area contributed by atoms with Crippen molar-refractivity contribution in [3.05, 3.63) is 70.8 Å². The van der Waals surface area contributed by atoms with Gasteiger partial charge in [0.25, 0.3) is 0 Å². The summed E-state index contributed by atoms with van der Waals surface area (Å²) in [5.41, 5.74) is 2.76.